The number of rotatable bonds is 3. The van der Waals surface area contributed by atoms with Crippen LogP contribution in [0.3, 0.4) is 0 Å². The molecule has 1 atom stereocenters. The Balaban J connectivity index is 2.34. The highest BCUT2D eigenvalue weighted by Crippen LogP contribution is 2.66. The van der Waals surface area contributed by atoms with Gasteiger partial charge in [0.15, 0.2) is 4.67 Å². The second-order valence-electron chi connectivity index (χ2n) is 3.02. The Hall–Kier alpha value is 1.31. The van der Waals surface area contributed by atoms with Crippen molar-refractivity contribution in [1.82, 2.24) is 0 Å². The lowest BCUT2D eigenvalue weighted by Gasteiger charge is -2.24. The second kappa shape index (κ2) is 5.26. The summed E-state index contributed by atoms with van der Waals surface area (Å²) in [6.45, 7) is 0. The lowest BCUT2D eigenvalue weighted by molar-refractivity contribution is 0.479. The fraction of sp³-hybridized carbons (Fsp3) is 1.00. The summed E-state index contributed by atoms with van der Waals surface area (Å²) < 4.78 is 3.40. The lowest BCUT2D eigenvalue weighted by Crippen LogP contribution is -2.06. The van der Waals surface area contributed by atoms with Gasteiger partial charge in [0.05, 0.1) is 0 Å². The third kappa shape index (κ3) is 4.01. The molecule has 0 aromatic carbocycles. The fourth-order valence-electron chi connectivity index (χ4n) is 1.40. The quantitative estimate of drug-likeness (QED) is 0.595. The Bertz CT molecular complexity index is 179. The molecule has 0 spiro atoms. The molecule has 5 heteroatoms. The summed E-state index contributed by atoms with van der Waals surface area (Å²) in [5, 5.41) is 0.710. The number of hydrogen-bond donors (Lipinski definition) is 1. The lowest BCUT2D eigenvalue weighted by atomic mass is 10.0. The summed E-state index contributed by atoms with van der Waals surface area (Å²) in [5.41, 5.74) is 0. The van der Waals surface area contributed by atoms with Gasteiger partial charge in [-0.25, -0.2) is 0 Å². The first-order valence-electron chi connectivity index (χ1n) is 4.21. The topological polar surface area (TPSA) is 9.23 Å². The van der Waals surface area contributed by atoms with Crippen LogP contribution in [0, 0.1) is 0 Å². The molecule has 0 heterocycles. The van der Waals surface area contributed by atoms with Crippen molar-refractivity contribution < 1.29 is 4.52 Å². The van der Waals surface area contributed by atoms with Gasteiger partial charge in [-0.15, -0.1) is 12.2 Å². The Labute approximate surface area is 89.0 Å². The molecule has 72 valence electrons. The van der Waals surface area contributed by atoms with Crippen molar-refractivity contribution in [2.45, 2.75) is 37.4 Å². The maximum atomic E-state index is 5.24. The molecular formula is C7H15OPS3. The third-order valence-electron chi connectivity index (χ3n) is 2.07. The van der Waals surface area contributed by atoms with Crippen LogP contribution >= 0.6 is 28.3 Å². The maximum absolute atomic E-state index is 5.24. The monoisotopic (exact) mass is 242 g/mol. The average Bonchev–Trinajstić information content (AvgIpc) is 2.06. The van der Waals surface area contributed by atoms with Crippen LogP contribution in [0.4, 0.5) is 0 Å². The molecule has 1 nitrogen and oxygen atoms in total. The molecular weight excluding hydrogens is 227 g/mol. The third-order valence-corrected chi connectivity index (χ3v) is 8.26. The fourth-order valence-corrected chi connectivity index (χ4v) is 6.73. The normalized spacial score (nSPS) is 25.2. The van der Waals surface area contributed by atoms with Gasteiger partial charge in [0, 0.05) is 12.4 Å². The predicted octanol–water partition coefficient (Wildman–Crippen LogP) is 3.85. The molecule has 0 aromatic heterocycles. The van der Waals surface area contributed by atoms with E-state index in [1.807, 2.05) is 0 Å². The zero-order valence-electron chi connectivity index (χ0n) is 7.23. The van der Waals surface area contributed by atoms with Gasteiger partial charge >= 0.3 is 0 Å². The van der Waals surface area contributed by atoms with Crippen molar-refractivity contribution in [2.24, 2.45) is 0 Å². The van der Waals surface area contributed by atoms with Crippen LogP contribution < -0.4 is 0 Å². The largest absolute Gasteiger partial charge is 0.337 e. The summed E-state index contributed by atoms with van der Waals surface area (Å²) in [6.07, 6.45) is 6.69. The molecule has 1 aliphatic carbocycles. The molecule has 0 N–H and O–H groups in total. The van der Waals surface area contributed by atoms with E-state index in [1.54, 1.807) is 18.5 Å². The Morgan fingerprint density at radius 3 is 2.50 bits per heavy atom. The standard InChI is InChI=1S/C7H15OPS3/c1-8-9(10,11)12-7-5-3-2-4-6-7/h7H,2-6H2,1H3,(H,10,11). The molecule has 1 rings (SSSR count). The minimum Gasteiger partial charge on any atom is -0.337 e. The van der Waals surface area contributed by atoms with Crippen LogP contribution in [0.2, 0.25) is 0 Å². The molecule has 1 fully saturated rings. The molecule has 1 aliphatic rings. The van der Waals surface area contributed by atoms with Crippen molar-refractivity contribution in [3.05, 3.63) is 0 Å². The molecule has 1 saturated carbocycles. The summed E-state index contributed by atoms with van der Waals surface area (Å²) in [7, 11) is 1.67. The Morgan fingerprint density at radius 2 is 2.00 bits per heavy atom. The molecule has 0 bridgehead atoms. The van der Waals surface area contributed by atoms with E-state index in [-0.39, 0.29) is 0 Å². The highest BCUT2D eigenvalue weighted by molar-refractivity contribution is 8.95. The zero-order valence-corrected chi connectivity index (χ0v) is 10.7. The van der Waals surface area contributed by atoms with E-state index in [9.17, 15) is 0 Å². The van der Waals surface area contributed by atoms with Crippen LogP contribution in [-0.4, -0.2) is 12.4 Å². The number of hydrogen-bond acceptors (Lipinski definition) is 3. The molecule has 0 aliphatic heterocycles. The van der Waals surface area contributed by atoms with Gasteiger partial charge in [0.1, 0.15) is 0 Å². The van der Waals surface area contributed by atoms with Crippen molar-refractivity contribution in [3.63, 3.8) is 0 Å². The smallest absolute Gasteiger partial charge is 0.171 e. The molecule has 1 unspecified atom stereocenters. The molecule has 0 saturated heterocycles. The summed E-state index contributed by atoms with van der Waals surface area (Å²) in [4.78, 5) is 0. The van der Waals surface area contributed by atoms with E-state index in [0.29, 0.717) is 5.25 Å². The van der Waals surface area contributed by atoms with Crippen molar-refractivity contribution >= 4 is 40.1 Å². The van der Waals surface area contributed by atoms with Gasteiger partial charge < -0.3 is 4.52 Å². The molecule has 0 amide bonds. The average molecular weight is 242 g/mol. The van der Waals surface area contributed by atoms with E-state index >= 15 is 0 Å². The summed E-state index contributed by atoms with van der Waals surface area (Å²) in [5.74, 6) is 0. The van der Waals surface area contributed by atoms with Crippen LogP contribution in [-0.2, 0) is 16.3 Å². The Kier molecular flexibility index (Phi) is 4.99. The van der Waals surface area contributed by atoms with Crippen molar-refractivity contribution in [2.75, 3.05) is 7.11 Å². The van der Waals surface area contributed by atoms with Crippen LogP contribution in [0.15, 0.2) is 0 Å². The summed E-state index contributed by atoms with van der Waals surface area (Å²) >= 11 is 11.4. The summed E-state index contributed by atoms with van der Waals surface area (Å²) in [6, 6.07) is 0. The molecule has 12 heavy (non-hydrogen) atoms. The number of thiol groups is 1. The van der Waals surface area contributed by atoms with E-state index in [1.165, 1.54) is 32.1 Å². The van der Waals surface area contributed by atoms with Gasteiger partial charge in [-0.1, -0.05) is 30.6 Å². The van der Waals surface area contributed by atoms with Gasteiger partial charge in [-0.2, -0.15) is 0 Å². The van der Waals surface area contributed by atoms with Gasteiger partial charge in [-0.3, -0.25) is 0 Å². The molecule has 0 radical (unpaired) electrons. The van der Waals surface area contributed by atoms with Gasteiger partial charge in [0.25, 0.3) is 0 Å². The van der Waals surface area contributed by atoms with Crippen molar-refractivity contribution in [1.29, 1.82) is 0 Å². The first-order valence-corrected chi connectivity index (χ1v) is 9.57. The van der Waals surface area contributed by atoms with Gasteiger partial charge in [-0.05, 0) is 24.6 Å². The van der Waals surface area contributed by atoms with Crippen LogP contribution in [0.25, 0.3) is 0 Å². The molecule has 0 aromatic rings. The van der Waals surface area contributed by atoms with Crippen LogP contribution in [0.1, 0.15) is 32.1 Å². The highest BCUT2D eigenvalue weighted by Gasteiger charge is 2.21. The van der Waals surface area contributed by atoms with Crippen molar-refractivity contribution in [3.8, 4) is 0 Å². The maximum Gasteiger partial charge on any atom is 0.171 e. The first kappa shape index (κ1) is 11.4. The zero-order chi connectivity index (χ0) is 9.03. The minimum atomic E-state index is -1.80. The van der Waals surface area contributed by atoms with E-state index in [2.05, 4.69) is 12.2 Å². The SMILES string of the molecule is COP(=S)(S)SC1CCCCC1. The minimum absolute atomic E-state index is 0.710. The first-order chi connectivity index (χ1) is 5.64. The Morgan fingerprint density at radius 1 is 1.42 bits per heavy atom. The van der Waals surface area contributed by atoms with E-state index < -0.39 is 4.67 Å². The van der Waals surface area contributed by atoms with Crippen LogP contribution in [0.5, 0.6) is 0 Å². The van der Waals surface area contributed by atoms with Gasteiger partial charge in [0.2, 0.25) is 0 Å². The second-order valence-corrected chi connectivity index (χ2v) is 12.9. The van der Waals surface area contributed by atoms with E-state index in [4.69, 9.17) is 16.3 Å². The predicted molar refractivity (Wildman–Crippen MR) is 64.7 cm³/mol. The van der Waals surface area contributed by atoms with E-state index in [0.717, 1.165) is 0 Å². The highest BCUT2D eigenvalue weighted by atomic mass is 33.2.